The minimum atomic E-state index is -0.423. The van der Waals surface area contributed by atoms with Gasteiger partial charge in [0, 0.05) is 19.5 Å². The Kier molecular flexibility index (Phi) is 7.31. The summed E-state index contributed by atoms with van der Waals surface area (Å²) in [6.45, 7) is 7.48. The molecule has 3 rings (SSSR count). The zero-order valence-electron chi connectivity index (χ0n) is 17.7. The van der Waals surface area contributed by atoms with Crippen LogP contribution in [0.25, 0.3) is 4.96 Å². The Bertz CT molecular complexity index is 1070. The average molecular weight is 431 g/mol. The van der Waals surface area contributed by atoms with Crippen molar-refractivity contribution in [3.63, 3.8) is 0 Å². The van der Waals surface area contributed by atoms with Gasteiger partial charge in [-0.15, -0.1) is 0 Å². The fraction of sp³-hybridized carbons (Fsp3) is 0.455. The van der Waals surface area contributed by atoms with Crippen molar-refractivity contribution < 1.29 is 9.18 Å². The number of halogens is 1. The summed E-state index contributed by atoms with van der Waals surface area (Å²) in [7, 11) is 0. The van der Waals surface area contributed by atoms with Crippen molar-refractivity contribution in [1.29, 1.82) is 0 Å². The molecule has 3 aromatic rings. The van der Waals surface area contributed by atoms with E-state index in [9.17, 15) is 14.0 Å². The Balaban J connectivity index is 1.93. The maximum atomic E-state index is 13.2. The topological polar surface area (TPSA) is 67.6 Å². The van der Waals surface area contributed by atoms with E-state index >= 15 is 0 Å². The molecule has 2 heterocycles. The molecule has 0 bridgehead atoms. The second-order valence-electron chi connectivity index (χ2n) is 7.38. The Hall–Kier alpha value is -2.61. The van der Waals surface area contributed by atoms with Gasteiger partial charge < -0.3 is 4.90 Å². The maximum absolute atomic E-state index is 13.2. The molecular weight excluding hydrogens is 403 g/mol. The Morgan fingerprint density at radius 2 is 1.77 bits per heavy atom. The molecule has 6 nitrogen and oxygen atoms in total. The van der Waals surface area contributed by atoms with E-state index in [1.54, 1.807) is 16.6 Å². The largest absolute Gasteiger partial charge is 0.338 e. The van der Waals surface area contributed by atoms with E-state index in [-0.39, 0.29) is 23.8 Å². The van der Waals surface area contributed by atoms with E-state index in [1.807, 2.05) is 11.8 Å². The first-order valence-corrected chi connectivity index (χ1v) is 11.2. The van der Waals surface area contributed by atoms with Crippen LogP contribution >= 0.6 is 11.3 Å². The molecule has 0 aliphatic heterocycles. The Morgan fingerprint density at radius 3 is 2.37 bits per heavy atom. The van der Waals surface area contributed by atoms with Gasteiger partial charge in [0.15, 0.2) is 0 Å². The van der Waals surface area contributed by atoms with Crippen LogP contribution in [0, 0.1) is 12.7 Å². The molecule has 1 amide bonds. The predicted octanol–water partition coefficient (Wildman–Crippen LogP) is 4.23. The number of carbonyl (C=O) groups is 1. The number of benzene rings is 1. The zero-order valence-corrected chi connectivity index (χ0v) is 18.5. The van der Waals surface area contributed by atoms with Crippen LogP contribution in [0.15, 0.2) is 29.1 Å². The average Bonchev–Trinajstić information content (AvgIpc) is 3.05. The number of nitrogens with zero attached hydrogens (tertiary/aromatic N) is 4. The van der Waals surface area contributed by atoms with Crippen LogP contribution in [-0.4, -0.2) is 38.5 Å². The third kappa shape index (κ3) is 4.92. The molecule has 160 valence electrons. The van der Waals surface area contributed by atoms with Gasteiger partial charge in [0.2, 0.25) is 4.96 Å². The number of aryl methyl sites for hydroxylation is 1. The summed E-state index contributed by atoms with van der Waals surface area (Å²) >= 11 is 1.21. The smallest absolute Gasteiger partial charge is 0.296 e. The number of thiazole rings is 1. The summed E-state index contributed by atoms with van der Waals surface area (Å²) in [6.07, 6.45) is 4.20. The minimum absolute atomic E-state index is 0.0285. The summed E-state index contributed by atoms with van der Waals surface area (Å²) < 4.78 is 14.7. The first kappa shape index (κ1) is 22.1. The molecule has 0 spiro atoms. The van der Waals surface area contributed by atoms with E-state index in [0.717, 1.165) is 44.3 Å². The summed E-state index contributed by atoms with van der Waals surface area (Å²) in [5, 5.41) is 4.47. The number of fused-ring (bicyclic) bond motifs is 1. The molecular formula is C22H27FN4O2S. The highest BCUT2D eigenvalue weighted by Crippen LogP contribution is 2.22. The van der Waals surface area contributed by atoms with Crippen molar-refractivity contribution in [1.82, 2.24) is 19.5 Å². The van der Waals surface area contributed by atoms with Gasteiger partial charge >= 0.3 is 0 Å². The molecule has 0 fully saturated rings. The normalized spacial score (nSPS) is 11.2. The lowest BCUT2D eigenvalue weighted by Gasteiger charge is -2.21. The molecule has 0 saturated heterocycles. The van der Waals surface area contributed by atoms with E-state index < -0.39 is 5.56 Å². The van der Waals surface area contributed by atoms with E-state index in [2.05, 4.69) is 23.9 Å². The van der Waals surface area contributed by atoms with Crippen LogP contribution in [0.3, 0.4) is 0 Å². The molecule has 2 aromatic heterocycles. The van der Waals surface area contributed by atoms with E-state index in [0.29, 0.717) is 15.5 Å². The molecule has 0 atom stereocenters. The first-order chi connectivity index (χ1) is 14.4. The standard InChI is InChI=1S/C22H27FN4O2S/c1-4-6-12-26(13-7-5-2)21(29)19-15(3)27-22(30-19)24-20(28)18(25-27)14-16-8-10-17(23)11-9-16/h8-11H,4-7,12-14H2,1-3H3. The van der Waals surface area contributed by atoms with Crippen LogP contribution in [0.1, 0.15) is 66.2 Å². The number of unbranched alkanes of at least 4 members (excludes halogenated alkanes) is 2. The summed E-state index contributed by atoms with van der Waals surface area (Å²) in [6, 6.07) is 5.96. The predicted molar refractivity (Wildman–Crippen MR) is 117 cm³/mol. The van der Waals surface area contributed by atoms with Crippen LogP contribution < -0.4 is 5.56 Å². The third-order valence-corrected chi connectivity index (χ3v) is 6.14. The Morgan fingerprint density at radius 1 is 1.13 bits per heavy atom. The van der Waals surface area contributed by atoms with Gasteiger partial charge in [0.05, 0.1) is 5.69 Å². The van der Waals surface area contributed by atoms with Crippen molar-refractivity contribution in [2.75, 3.05) is 13.1 Å². The van der Waals surface area contributed by atoms with Gasteiger partial charge in [-0.2, -0.15) is 10.1 Å². The number of carbonyl (C=O) groups excluding carboxylic acids is 1. The second-order valence-corrected chi connectivity index (χ2v) is 8.35. The van der Waals surface area contributed by atoms with Gasteiger partial charge in [-0.05, 0) is 37.5 Å². The zero-order chi connectivity index (χ0) is 21.7. The van der Waals surface area contributed by atoms with Gasteiger partial charge in [-0.3, -0.25) is 9.59 Å². The summed E-state index contributed by atoms with van der Waals surface area (Å²) in [5.74, 6) is -0.358. The lowest BCUT2D eigenvalue weighted by atomic mass is 10.1. The highest BCUT2D eigenvalue weighted by molar-refractivity contribution is 7.19. The van der Waals surface area contributed by atoms with E-state index in [4.69, 9.17) is 0 Å². The highest BCUT2D eigenvalue weighted by Gasteiger charge is 2.23. The molecule has 1 aromatic carbocycles. The molecule has 8 heteroatoms. The second kappa shape index (κ2) is 9.93. The number of hydrogen-bond acceptors (Lipinski definition) is 5. The van der Waals surface area contributed by atoms with Crippen LogP contribution in [0.2, 0.25) is 0 Å². The molecule has 0 aliphatic rings. The molecule has 0 unspecified atom stereocenters. The molecule has 0 saturated carbocycles. The first-order valence-electron chi connectivity index (χ1n) is 10.4. The molecule has 0 radical (unpaired) electrons. The van der Waals surface area contributed by atoms with Crippen molar-refractivity contribution in [2.45, 2.75) is 52.9 Å². The quantitative estimate of drug-likeness (QED) is 0.509. The number of amides is 1. The third-order valence-electron chi connectivity index (χ3n) is 5.02. The van der Waals surface area contributed by atoms with Crippen molar-refractivity contribution >= 4 is 22.2 Å². The van der Waals surface area contributed by atoms with E-state index in [1.165, 1.54) is 23.5 Å². The van der Waals surface area contributed by atoms with Crippen LogP contribution in [-0.2, 0) is 6.42 Å². The highest BCUT2D eigenvalue weighted by atomic mass is 32.1. The van der Waals surface area contributed by atoms with Gasteiger partial charge in [-0.1, -0.05) is 50.2 Å². The van der Waals surface area contributed by atoms with Gasteiger partial charge in [-0.25, -0.2) is 8.91 Å². The fourth-order valence-corrected chi connectivity index (χ4v) is 4.24. The number of aromatic nitrogens is 3. The fourth-order valence-electron chi connectivity index (χ4n) is 3.21. The van der Waals surface area contributed by atoms with Crippen molar-refractivity contribution in [2.24, 2.45) is 0 Å². The van der Waals surface area contributed by atoms with Crippen molar-refractivity contribution in [3.05, 3.63) is 62.3 Å². The molecule has 0 aliphatic carbocycles. The van der Waals surface area contributed by atoms with Gasteiger partial charge in [0.1, 0.15) is 16.4 Å². The lowest BCUT2D eigenvalue weighted by Crippen LogP contribution is -2.33. The number of hydrogen-bond donors (Lipinski definition) is 0. The molecule has 30 heavy (non-hydrogen) atoms. The van der Waals surface area contributed by atoms with Gasteiger partial charge in [0.25, 0.3) is 11.5 Å². The number of rotatable bonds is 9. The van der Waals surface area contributed by atoms with Crippen LogP contribution in [0.4, 0.5) is 4.39 Å². The monoisotopic (exact) mass is 430 g/mol. The van der Waals surface area contributed by atoms with Crippen molar-refractivity contribution in [3.8, 4) is 0 Å². The van der Waals surface area contributed by atoms with Crippen LogP contribution in [0.5, 0.6) is 0 Å². The molecule has 0 N–H and O–H groups in total. The lowest BCUT2D eigenvalue weighted by molar-refractivity contribution is 0.0754. The minimum Gasteiger partial charge on any atom is -0.338 e. The summed E-state index contributed by atoms with van der Waals surface area (Å²) in [5.41, 5.74) is 1.31. The Labute approximate surface area is 179 Å². The maximum Gasteiger partial charge on any atom is 0.296 e. The summed E-state index contributed by atoms with van der Waals surface area (Å²) in [4.78, 5) is 32.7. The SMILES string of the molecule is CCCCN(CCCC)C(=O)c1sc2nc(=O)c(Cc3ccc(F)cc3)nn2c1C.